The van der Waals surface area contributed by atoms with Gasteiger partial charge in [-0.3, -0.25) is 4.79 Å². The van der Waals surface area contributed by atoms with Crippen molar-refractivity contribution in [1.82, 2.24) is 9.88 Å². The van der Waals surface area contributed by atoms with E-state index in [2.05, 4.69) is 23.2 Å². The minimum atomic E-state index is -0.296. The number of benzene rings is 2. The maximum absolute atomic E-state index is 13.4. The lowest BCUT2D eigenvalue weighted by molar-refractivity contribution is 0.0710. The summed E-state index contributed by atoms with van der Waals surface area (Å²) in [6.07, 6.45) is 3.12. The Morgan fingerprint density at radius 3 is 2.92 bits per heavy atom. The van der Waals surface area contributed by atoms with Crippen LogP contribution in [-0.2, 0) is 6.42 Å². The molecule has 1 heterocycles. The molecular formula is C20H19FN2O. The molecule has 0 saturated carbocycles. The number of fused-ring (bicyclic) bond motifs is 2. The van der Waals surface area contributed by atoms with Crippen molar-refractivity contribution in [2.45, 2.75) is 25.3 Å². The normalized spacial score (nSPS) is 16.8. The molecule has 0 saturated heterocycles. The van der Waals surface area contributed by atoms with Gasteiger partial charge in [0.15, 0.2) is 0 Å². The van der Waals surface area contributed by atoms with Crippen molar-refractivity contribution in [2.24, 2.45) is 0 Å². The minimum absolute atomic E-state index is 0.0617. The number of carbonyl (C=O) groups excluding carboxylic acids is 1. The number of aromatic nitrogens is 1. The fraction of sp³-hybridized carbons (Fsp3) is 0.250. The second-order valence-electron chi connectivity index (χ2n) is 6.44. The first kappa shape index (κ1) is 14.9. The van der Waals surface area contributed by atoms with Gasteiger partial charge in [-0.05, 0) is 54.7 Å². The van der Waals surface area contributed by atoms with Gasteiger partial charge in [0.25, 0.3) is 5.91 Å². The van der Waals surface area contributed by atoms with Crippen LogP contribution in [0.2, 0.25) is 0 Å². The predicted octanol–water partition coefficient (Wildman–Crippen LogP) is 4.46. The van der Waals surface area contributed by atoms with Crippen LogP contribution in [0.25, 0.3) is 10.9 Å². The zero-order valence-electron chi connectivity index (χ0n) is 13.6. The highest BCUT2D eigenvalue weighted by Crippen LogP contribution is 2.34. The molecule has 0 aliphatic heterocycles. The van der Waals surface area contributed by atoms with Crippen molar-refractivity contribution < 1.29 is 9.18 Å². The predicted molar refractivity (Wildman–Crippen MR) is 92.5 cm³/mol. The van der Waals surface area contributed by atoms with Crippen LogP contribution < -0.4 is 0 Å². The van der Waals surface area contributed by atoms with Gasteiger partial charge in [0, 0.05) is 18.0 Å². The summed E-state index contributed by atoms with van der Waals surface area (Å²) in [5, 5.41) is 0.718. The molecule has 1 aromatic heterocycles. The van der Waals surface area contributed by atoms with E-state index in [0.29, 0.717) is 5.69 Å². The van der Waals surface area contributed by atoms with Crippen molar-refractivity contribution >= 4 is 16.8 Å². The fourth-order valence-electron chi connectivity index (χ4n) is 3.68. The number of amides is 1. The highest BCUT2D eigenvalue weighted by atomic mass is 19.1. The molecule has 1 amide bonds. The lowest BCUT2D eigenvalue weighted by Crippen LogP contribution is -2.33. The first-order chi connectivity index (χ1) is 11.6. The number of hydrogen-bond acceptors (Lipinski definition) is 1. The first-order valence-corrected chi connectivity index (χ1v) is 8.27. The van der Waals surface area contributed by atoms with Gasteiger partial charge in [-0.1, -0.05) is 24.3 Å². The van der Waals surface area contributed by atoms with Gasteiger partial charge in [-0.25, -0.2) is 4.39 Å². The number of nitrogens with zero attached hydrogens (tertiary/aromatic N) is 1. The molecule has 0 radical (unpaired) electrons. The van der Waals surface area contributed by atoms with Crippen LogP contribution in [0.5, 0.6) is 0 Å². The average Bonchev–Trinajstić information content (AvgIpc) is 3.03. The number of rotatable bonds is 2. The molecule has 0 spiro atoms. The molecule has 0 unspecified atom stereocenters. The van der Waals surface area contributed by atoms with E-state index >= 15 is 0 Å². The second-order valence-corrected chi connectivity index (χ2v) is 6.44. The Hall–Kier alpha value is -2.62. The largest absolute Gasteiger partial charge is 0.351 e. The van der Waals surface area contributed by atoms with E-state index in [1.54, 1.807) is 17.0 Å². The Bertz CT molecular complexity index is 915. The van der Waals surface area contributed by atoms with E-state index in [9.17, 15) is 9.18 Å². The Labute approximate surface area is 140 Å². The molecule has 0 fully saturated rings. The van der Waals surface area contributed by atoms with E-state index in [-0.39, 0.29) is 17.8 Å². The summed E-state index contributed by atoms with van der Waals surface area (Å²) >= 11 is 0. The van der Waals surface area contributed by atoms with Crippen LogP contribution in [0.1, 0.15) is 40.5 Å². The lowest BCUT2D eigenvalue weighted by Gasteiger charge is -2.33. The van der Waals surface area contributed by atoms with Crippen LogP contribution in [0.4, 0.5) is 4.39 Å². The maximum atomic E-state index is 13.4. The number of carbonyl (C=O) groups is 1. The molecule has 122 valence electrons. The molecule has 1 aliphatic rings. The third-order valence-electron chi connectivity index (χ3n) is 4.94. The Morgan fingerprint density at radius 1 is 1.21 bits per heavy atom. The molecule has 1 aliphatic carbocycles. The summed E-state index contributed by atoms with van der Waals surface area (Å²) in [5.74, 6) is -0.358. The molecule has 0 bridgehead atoms. The van der Waals surface area contributed by atoms with Gasteiger partial charge in [0.1, 0.15) is 11.5 Å². The molecular weight excluding hydrogens is 303 g/mol. The lowest BCUT2D eigenvalue weighted by atomic mass is 9.87. The Morgan fingerprint density at radius 2 is 2.04 bits per heavy atom. The van der Waals surface area contributed by atoms with Crippen LogP contribution in [0, 0.1) is 5.82 Å². The van der Waals surface area contributed by atoms with Crippen molar-refractivity contribution in [2.75, 3.05) is 7.05 Å². The van der Waals surface area contributed by atoms with Gasteiger partial charge in [0.05, 0.1) is 6.04 Å². The molecule has 1 N–H and O–H groups in total. The monoisotopic (exact) mass is 322 g/mol. The SMILES string of the molecule is CN(C(=O)c1cc2cc(F)ccc2[nH]1)[C@H]1CCCc2ccccc21. The molecule has 4 rings (SSSR count). The highest BCUT2D eigenvalue weighted by Gasteiger charge is 2.27. The zero-order valence-corrected chi connectivity index (χ0v) is 13.6. The number of hydrogen-bond donors (Lipinski definition) is 1. The fourth-order valence-corrected chi connectivity index (χ4v) is 3.68. The van der Waals surface area contributed by atoms with Crippen LogP contribution in [0.3, 0.4) is 0 Å². The number of aromatic amines is 1. The van der Waals surface area contributed by atoms with E-state index in [1.165, 1.54) is 23.3 Å². The summed E-state index contributed by atoms with van der Waals surface area (Å²) in [6, 6.07) is 14.7. The summed E-state index contributed by atoms with van der Waals surface area (Å²) in [7, 11) is 1.85. The molecule has 4 heteroatoms. The smallest absolute Gasteiger partial charge is 0.270 e. The zero-order chi connectivity index (χ0) is 16.7. The molecule has 3 aromatic rings. The van der Waals surface area contributed by atoms with E-state index in [0.717, 1.165) is 30.2 Å². The second kappa shape index (κ2) is 5.78. The standard InChI is InChI=1S/C20H19FN2O/c1-23(19-8-4-6-13-5-2-3-7-16(13)19)20(24)18-12-14-11-15(21)9-10-17(14)22-18/h2-3,5,7,9-12,19,22H,4,6,8H2,1H3/t19-/m0/s1. The molecule has 3 nitrogen and oxygen atoms in total. The minimum Gasteiger partial charge on any atom is -0.351 e. The average molecular weight is 322 g/mol. The summed E-state index contributed by atoms with van der Waals surface area (Å²) in [5.41, 5.74) is 3.84. The van der Waals surface area contributed by atoms with Crippen LogP contribution in [0.15, 0.2) is 48.5 Å². The van der Waals surface area contributed by atoms with Crippen molar-refractivity contribution in [3.05, 3.63) is 71.2 Å². The van der Waals surface area contributed by atoms with Gasteiger partial charge in [-0.15, -0.1) is 0 Å². The number of nitrogens with one attached hydrogen (secondary N) is 1. The number of halogens is 1. The van der Waals surface area contributed by atoms with E-state index in [1.807, 2.05) is 13.1 Å². The quantitative estimate of drug-likeness (QED) is 0.743. The third kappa shape index (κ3) is 2.48. The van der Waals surface area contributed by atoms with Gasteiger partial charge in [-0.2, -0.15) is 0 Å². The van der Waals surface area contributed by atoms with Crippen molar-refractivity contribution in [3.63, 3.8) is 0 Å². The van der Waals surface area contributed by atoms with Crippen molar-refractivity contribution in [3.8, 4) is 0 Å². The Balaban J connectivity index is 1.66. The third-order valence-corrected chi connectivity index (χ3v) is 4.94. The molecule has 2 aromatic carbocycles. The summed E-state index contributed by atoms with van der Waals surface area (Å²) in [6.45, 7) is 0. The number of aryl methyl sites for hydroxylation is 1. The summed E-state index contributed by atoms with van der Waals surface area (Å²) in [4.78, 5) is 17.8. The first-order valence-electron chi connectivity index (χ1n) is 8.27. The topological polar surface area (TPSA) is 36.1 Å². The van der Waals surface area contributed by atoms with E-state index in [4.69, 9.17) is 0 Å². The van der Waals surface area contributed by atoms with Gasteiger partial charge in [0.2, 0.25) is 0 Å². The summed E-state index contributed by atoms with van der Waals surface area (Å²) < 4.78 is 13.4. The number of H-pyrrole nitrogens is 1. The highest BCUT2D eigenvalue weighted by molar-refractivity contribution is 5.98. The Kier molecular flexibility index (Phi) is 3.60. The van der Waals surface area contributed by atoms with Gasteiger partial charge < -0.3 is 9.88 Å². The van der Waals surface area contributed by atoms with E-state index < -0.39 is 0 Å². The van der Waals surface area contributed by atoms with Crippen LogP contribution in [-0.4, -0.2) is 22.8 Å². The van der Waals surface area contributed by atoms with Crippen LogP contribution >= 0.6 is 0 Å². The van der Waals surface area contributed by atoms with Gasteiger partial charge >= 0.3 is 0 Å². The maximum Gasteiger partial charge on any atom is 0.270 e. The molecule has 24 heavy (non-hydrogen) atoms. The van der Waals surface area contributed by atoms with Crippen molar-refractivity contribution in [1.29, 1.82) is 0 Å². The molecule has 1 atom stereocenters.